The van der Waals surface area contributed by atoms with Crippen LogP contribution in [-0.2, 0) is 34.3 Å². The topological polar surface area (TPSA) is 116 Å². The second kappa shape index (κ2) is 17.1. The number of amidine groups is 1. The Morgan fingerprint density at radius 3 is 2.23 bits per heavy atom. The molecule has 0 unspecified atom stereocenters. The molecule has 0 aliphatic carbocycles. The average molecular weight is 589 g/mol. The van der Waals surface area contributed by atoms with Crippen LogP contribution in [-0.4, -0.2) is 50.8 Å². The minimum atomic E-state index is -0.924. The molecule has 1 heterocycles. The van der Waals surface area contributed by atoms with Gasteiger partial charge in [0.05, 0.1) is 18.7 Å². The molecule has 0 aliphatic rings. The summed E-state index contributed by atoms with van der Waals surface area (Å²) in [5, 5.41) is 17.4. The van der Waals surface area contributed by atoms with E-state index >= 15 is 0 Å². The smallest absolute Gasteiger partial charge is 0.307 e. The van der Waals surface area contributed by atoms with E-state index in [4.69, 9.17) is 10.1 Å². The number of benzene rings is 2. The van der Waals surface area contributed by atoms with Gasteiger partial charge in [0.25, 0.3) is 0 Å². The second-order valence-corrected chi connectivity index (χ2v) is 11.3. The van der Waals surface area contributed by atoms with Gasteiger partial charge < -0.3 is 14.7 Å². The van der Waals surface area contributed by atoms with Gasteiger partial charge in [-0.2, -0.15) is 0 Å². The van der Waals surface area contributed by atoms with E-state index in [9.17, 15) is 14.7 Å². The van der Waals surface area contributed by atoms with Crippen molar-refractivity contribution in [3.8, 4) is 17.0 Å². The summed E-state index contributed by atoms with van der Waals surface area (Å²) in [7, 11) is 0. The number of hydrogen-bond acceptors (Lipinski definition) is 6. The van der Waals surface area contributed by atoms with Crippen LogP contribution in [0.5, 0.6) is 5.75 Å². The van der Waals surface area contributed by atoms with Crippen molar-refractivity contribution in [3.63, 3.8) is 0 Å². The molecule has 0 radical (unpaired) electrons. The molecule has 2 aromatic carbocycles. The van der Waals surface area contributed by atoms with E-state index in [0.717, 1.165) is 17.7 Å². The highest BCUT2D eigenvalue weighted by atomic mass is 16.5. The first-order valence-electron chi connectivity index (χ1n) is 15.2. The van der Waals surface area contributed by atoms with Gasteiger partial charge in [0.15, 0.2) is 0 Å². The van der Waals surface area contributed by atoms with E-state index in [1.807, 2.05) is 26.0 Å². The Hall–Kier alpha value is -4.07. The number of amides is 1. The monoisotopic (exact) mass is 588 g/mol. The Morgan fingerprint density at radius 2 is 1.67 bits per heavy atom. The summed E-state index contributed by atoms with van der Waals surface area (Å²) in [4.78, 5) is 33.3. The molecule has 0 aliphatic heterocycles. The van der Waals surface area contributed by atoms with Crippen molar-refractivity contribution >= 4 is 17.7 Å². The van der Waals surface area contributed by atoms with Crippen LogP contribution in [0.15, 0.2) is 54.9 Å². The van der Waals surface area contributed by atoms with Gasteiger partial charge in [0, 0.05) is 36.2 Å². The first-order valence-corrected chi connectivity index (χ1v) is 15.2. The van der Waals surface area contributed by atoms with Gasteiger partial charge in [-0.3, -0.25) is 15.0 Å². The minimum Gasteiger partial charge on any atom is -0.494 e. The quantitative estimate of drug-likeness (QED) is 0.170. The Morgan fingerprint density at radius 1 is 0.977 bits per heavy atom. The van der Waals surface area contributed by atoms with E-state index in [2.05, 4.69) is 61.9 Å². The van der Waals surface area contributed by atoms with Crippen LogP contribution < -0.4 is 4.74 Å². The summed E-state index contributed by atoms with van der Waals surface area (Å²) in [5.74, 6) is -0.0758. The zero-order valence-electron chi connectivity index (χ0n) is 26.9. The van der Waals surface area contributed by atoms with Gasteiger partial charge in [-0.15, -0.1) is 0 Å². The first kappa shape index (κ1) is 35.1. The van der Waals surface area contributed by atoms with Crippen molar-refractivity contribution in [2.75, 3.05) is 13.2 Å². The van der Waals surface area contributed by atoms with Crippen LogP contribution in [0.25, 0.3) is 11.3 Å². The molecule has 0 atom stereocenters. The highest BCUT2D eigenvalue weighted by Crippen LogP contribution is 2.27. The van der Waals surface area contributed by atoms with Gasteiger partial charge in [-0.05, 0) is 73.9 Å². The number of carboxylic acid groups (broad SMARTS) is 1. The first-order chi connectivity index (χ1) is 20.4. The van der Waals surface area contributed by atoms with E-state index in [0.29, 0.717) is 61.7 Å². The number of hydrogen-bond donors (Lipinski definition) is 2. The normalized spacial score (nSPS) is 10.9. The van der Waals surface area contributed by atoms with Crippen LogP contribution >= 0.6 is 0 Å². The molecular weight excluding hydrogens is 540 g/mol. The largest absolute Gasteiger partial charge is 0.494 e. The third-order valence-corrected chi connectivity index (χ3v) is 7.04. The maximum atomic E-state index is 11.9. The van der Waals surface area contributed by atoms with Crippen LogP contribution in [0.1, 0.15) is 90.1 Å². The number of rotatable bonds is 12. The fourth-order valence-corrected chi connectivity index (χ4v) is 4.55. The molecule has 0 spiro atoms. The zero-order chi connectivity index (χ0) is 32.0. The third-order valence-electron chi connectivity index (χ3n) is 7.04. The number of ether oxygens (including phenoxy) is 1. The molecule has 0 bridgehead atoms. The SMILES string of the molecule is CCOc1ccc(-c2cc(CCCC(=N)N(CC)C(=O)CC)ncn2)cc1CC(=O)O.CCc1ccc(C(C)(C)C)cc1. The lowest BCUT2D eigenvalue weighted by molar-refractivity contribution is -0.136. The molecule has 8 heteroatoms. The molecule has 3 aromatic rings. The molecule has 8 nitrogen and oxygen atoms in total. The van der Waals surface area contributed by atoms with E-state index in [1.54, 1.807) is 19.1 Å². The van der Waals surface area contributed by atoms with Crippen molar-refractivity contribution in [2.45, 2.75) is 92.4 Å². The van der Waals surface area contributed by atoms with Crippen molar-refractivity contribution in [1.29, 1.82) is 5.41 Å². The van der Waals surface area contributed by atoms with Gasteiger partial charge in [0.1, 0.15) is 17.9 Å². The number of aliphatic carboxylic acids is 1. The highest BCUT2D eigenvalue weighted by Gasteiger charge is 2.15. The molecule has 2 N–H and O–H groups in total. The van der Waals surface area contributed by atoms with Crippen molar-refractivity contribution < 1.29 is 19.4 Å². The summed E-state index contributed by atoms with van der Waals surface area (Å²) < 4.78 is 5.54. The third kappa shape index (κ3) is 11.3. The fourth-order valence-electron chi connectivity index (χ4n) is 4.55. The lowest BCUT2D eigenvalue weighted by Gasteiger charge is -2.20. The van der Waals surface area contributed by atoms with Crippen molar-refractivity contribution in [3.05, 3.63) is 77.2 Å². The number of nitrogens with one attached hydrogen (secondary N) is 1. The summed E-state index contributed by atoms with van der Waals surface area (Å²) in [6.45, 7) is 15.4. The van der Waals surface area contributed by atoms with Crippen LogP contribution in [0, 0.1) is 5.41 Å². The molecule has 0 saturated carbocycles. The molecule has 1 aromatic heterocycles. The molecule has 1 amide bonds. The predicted molar refractivity (Wildman–Crippen MR) is 173 cm³/mol. The van der Waals surface area contributed by atoms with Gasteiger partial charge in [0.2, 0.25) is 5.91 Å². The Labute approximate surface area is 257 Å². The summed E-state index contributed by atoms with van der Waals surface area (Å²) >= 11 is 0. The summed E-state index contributed by atoms with van der Waals surface area (Å²) in [6.07, 6.45) is 4.70. The van der Waals surface area contributed by atoms with E-state index < -0.39 is 5.97 Å². The summed E-state index contributed by atoms with van der Waals surface area (Å²) in [6, 6.07) is 16.2. The highest BCUT2D eigenvalue weighted by molar-refractivity contribution is 5.96. The number of carbonyl (C=O) groups excluding carboxylic acids is 1. The summed E-state index contributed by atoms with van der Waals surface area (Å²) in [5.41, 5.74) is 6.04. The Bertz CT molecular complexity index is 1350. The van der Waals surface area contributed by atoms with Crippen molar-refractivity contribution in [2.24, 2.45) is 0 Å². The van der Waals surface area contributed by atoms with Crippen LogP contribution in [0.2, 0.25) is 0 Å². The number of aromatic nitrogens is 2. The molecule has 0 fully saturated rings. The Balaban J connectivity index is 0.000000448. The lowest BCUT2D eigenvalue weighted by Crippen LogP contribution is -2.35. The maximum absolute atomic E-state index is 11.9. The standard InChI is InChI=1S/C23H30N4O4.C12H18/c1-4-22(28)27(5-2)21(24)9-7-8-18-14-19(26-15-25-18)16-10-11-20(31-6-3)17(12-16)13-23(29)30;1-5-10-6-8-11(9-7-10)12(2,3)4/h10-12,14-15,24H,4-9,13H2,1-3H3,(H,29,30);6-9H,5H2,1-4H3. The average Bonchev–Trinajstić information content (AvgIpc) is 2.98. The molecule has 43 heavy (non-hydrogen) atoms. The number of nitrogens with zero attached hydrogens (tertiary/aromatic N) is 3. The molecule has 3 rings (SSSR count). The molecular formula is C35H48N4O4. The number of carboxylic acids is 1. The second-order valence-electron chi connectivity index (χ2n) is 11.3. The van der Waals surface area contributed by atoms with Gasteiger partial charge >= 0.3 is 5.97 Å². The zero-order valence-corrected chi connectivity index (χ0v) is 26.9. The van der Waals surface area contributed by atoms with E-state index in [1.165, 1.54) is 22.4 Å². The number of aryl methyl sites for hydroxylation is 2. The fraction of sp³-hybridized carbons (Fsp3) is 0.457. The van der Waals surface area contributed by atoms with Crippen LogP contribution in [0.3, 0.4) is 0 Å². The molecule has 232 valence electrons. The molecule has 0 saturated heterocycles. The van der Waals surface area contributed by atoms with Gasteiger partial charge in [-0.25, -0.2) is 9.97 Å². The Kier molecular flexibility index (Phi) is 14.0. The maximum Gasteiger partial charge on any atom is 0.307 e. The number of carbonyl (C=O) groups is 2. The minimum absolute atomic E-state index is 0.0375. The van der Waals surface area contributed by atoms with E-state index in [-0.39, 0.29) is 17.7 Å². The van der Waals surface area contributed by atoms with Crippen LogP contribution in [0.4, 0.5) is 0 Å². The van der Waals surface area contributed by atoms with Crippen molar-refractivity contribution in [1.82, 2.24) is 14.9 Å². The predicted octanol–water partition coefficient (Wildman–Crippen LogP) is 7.27. The lowest BCUT2D eigenvalue weighted by atomic mass is 9.86. The van der Waals surface area contributed by atoms with Gasteiger partial charge in [-0.1, -0.05) is 58.9 Å².